The fourth-order valence-electron chi connectivity index (χ4n) is 4.07. The molecule has 0 saturated carbocycles. The van der Waals surface area contributed by atoms with Gasteiger partial charge in [-0.25, -0.2) is 5.01 Å². The van der Waals surface area contributed by atoms with E-state index in [9.17, 15) is 29.3 Å². The molecule has 1 aliphatic heterocycles. The molecule has 10 heteroatoms. The number of Topliss-reactive ketones (excluding diaryl/α,β-unsaturated/α-hetero) is 1. The number of allylic oxidation sites excluding steroid dienone is 2. The quantitative estimate of drug-likeness (QED) is 0.192. The largest absolute Gasteiger partial charge is 0.292 e. The summed E-state index contributed by atoms with van der Waals surface area (Å²) in [5, 5.41) is 12.9. The van der Waals surface area contributed by atoms with Gasteiger partial charge in [-0.2, -0.15) is 5.01 Å². The monoisotopic (exact) mass is 511 g/mol. The third kappa shape index (κ3) is 4.21. The van der Waals surface area contributed by atoms with Crippen LogP contribution in [0.3, 0.4) is 0 Å². The van der Waals surface area contributed by atoms with Gasteiger partial charge in [0.15, 0.2) is 5.78 Å². The number of para-hydroxylation sites is 1. The van der Waals surface area contributed by atoms with Gasteiger partial charge in [-0.1, -0.05) is 52.3 Å². The number of hydrazine groups is 1. The third-order valence-corrected chi connectivity index (χ3v) is 6.28. The molecule has 0 spiro atoms. The minimum atomic E-state index is -0.971. The fourth-order valence-corrected chi connectivity index (χ4v) is 4.33. The summed E-state index contributed by atoms with van der Waals surface area (Å²) in [4.78, 5) is 63.5. The van der Waals surface area contributed by atoms with E-state index < -0.39 is 52.5 Å². The maximum atomic E-state index is 13.5. The third-order valence-electron chi connectivity index (χ3n) is 5.75. The zero-order valence-corrected chi connectivity index (χ0v) is 18.8. The zero-order valence-electron chi connectivity index (χ0n) is 17.2. The second-order valence-corrected chi connectivity index (χ2v) is 8.63. The van der Waals surface area contributed by atoms with Crippen molar-refractivity contribution in [2.75, 3.05) is 6.54 Å². The molecule has 9 nitrogen and oxygen atoms in total. The van der Waals surface area contributed by atoms with Crippen LogP contribution in [0.15, 0.2) is 65.2 Å². The summed E-state index contributed by atoms with van der Waals surface area (Å²) in [6, 6.07) is 11.6. The Kier molecular flexibility index (Phi) is 6.19. The van der Waals surface area contributed by atoms with Crippen molar-refractivity contribution in [2.45, 2.75) is 12.8 Å². The summed E-state index contributed by atoms with van der Waals surface area (Å²) < 4.78 is 0.744. The lowest BCUT2D eigenvalue weighted by Gasteiger charge is -2.30. The van der Waals surface area contributed by atoms with Gasteiger partial charge in [0.1, 0.15) is 12.1 Å². The number of halogens is 1. The number of carbonyl (C=O) groups is 4. The molecule has 1 saturated heterocycles. The minimum Gasteiger partial charge on any atom is -0.292 e. The Labute approximate surface area is 196 Å². The highest BCUT2D eigenvalue weighted by Gasteiger charge is 2.51. The lowest BCUT2D eigenvalue weighted by molar-refractivity contribution is -0.385. The van der Waals surface area contributed by atoms with Crippen LogP contribution in [0.1, 0.15) is 33.6 Å². The summed E-state index contributed by atoms with van der Waals surface area (Å²) in [6.45, 7) is -0.628. The van der Waals surface area contributed by atoms with Crippen LogP contribution in [0.2, 0.25) is 0 Å². The number of fused-ring (bicyclic) bond motifs is 1. The van der Waals surface area contributed by atoms with Gasteiger partial charge in [0, 0.05) is 16.1 Å². The van der Waals surface area contributed by atoms with Crippen molar-refractivity contribution in [3.63, 3.8) is 0 Å². The lowest BCUT2D eigenvalue weighted by atomic mass is 9.85. The molecule has 1 fully saturated rings. The van der Waals surface area contributed by atoms with Gasteiger partial charge in [-0.05, 0) is 31.0 Å². The number of ketones is 1. The SMILES string of the molecule is O=C(CN(C(=O)c1ccccc1[N+](=O)[O-])N1C(=O)[C@@H]2CC=CC[C@H]2C1=O)c1ccc(Br)cc1. The van der Waals surface area contributed by atoms with Crippen LogP contribution in [-0.2, 0) is 9.59 Å². The van der Waals surface area contributed by atoms with Crippen LogP contribution in [0.5, 0.6) is 0 Å². The number of nitrogens with zero attached hydrogens (tertiary/aromatic N) is 3. The molecule has 168 valence electrons. The Morgan fingerprint density at radius 2 is 1.58 bits per heavy atom. The van der Waals surface area contributed by atoms with Crippen molar-refractivity contribution in [1.29, 1.82) is 0 Å². The van der Waals surface area contributed by atoms with Crippen molar-refractivity contribution in [2.24, 2.45) is 11.8 Å². The molecule has 0 unspecified atom stereocenters. The van der Waals surface area contributed by atoms with Crippen molar-refractivity contribution in [1.82, 2.24) is 10.0 Å². The Morgan fingerprint density at radius 3 is 2.15 bits per heavy atom. The molecule has 2 aliphatic rings. The molecule has 2 aromatic rings. The molecule has 3 amide bonds. The number of nitro benzene ring substituents is 1. The Hall–Kier alpha value is -3.66. The number of carbonyl (C=O) groups excluding carboxylic acids is 4. The van der Waals surface area contributed by atoms with Gasteiger partial charge in [-0.15, -0.1) is 0 Å². The predicted molar refractivity (Wildman–Crippen MR) is 120 cm³/mol. The first-order chi connectivity index (χ1) is 15.8. The summed E-state index contributed by atoms with van der Waals surface area (Å²) in [6.07, 6.45) is 4.30. The minimum absolute atomic E-state index is 0.261. The fraction of sp³-hybridized carbons (Fsp3) is 0.217. The number of amides is 3. The standard InChI is InChI=1S/C23H18BrN3O6/c24-15-11-9-14(10-12-15)20(28)13-25(21(29)18-7-3-4-8-19(18)27(32)33)26-22(30)16-5-1-2-6-17(16)23(26)31/h1-4,7-12,16-17H,5-6,13H2/t16-,17-/m1/s1. The van der Waals surface area contributed by atoms with Crippen molar-refractivity contribution >= 4 is 45.1 Å². The maximum absolute atomic E-state index is 13.5. The van der Waals surface area contributed by atoms with Gasteiger partial charge in [0.2, 0.25) is 0 Å². The maximum Gasteiger partial charge on any atom is 0.282 e. The van der Waals surface area contributed by atoms with E-state index in [2.05, 4.69) is 15.9 Å². The number of nitro groups is 1. The van der Waals surface area contributed by atoms with E-state index >= 15 is 0 Å². The van der Waals surface area contributed by atoms with Gasteiger partial charge in [0.05, 0.1) is 16.8 Å². The van der Waals surface area contributed by atoms with E-state index in [4.69, 9.17) is 0 Å². The molecule has 4 rings (SSSR count). The van der Waals surface area contributed by atoms with Crippen molar-refractivity contribution < 1.29 is 24.1 Å². The molecule has 1 heterocycles. The summed E-state index contributed by atoms with van der Waals surface area (Å²) in [7, 11) is 0. The summed E-state index contributed by atoms with van der Waals surface area (Å²) >= 11 is 3.28. The molecule has 0 radical (unpaired) electrons. The Bertz CT molecular complexity index is 1170. The second kappa shape index (κ2) is 9.07. The number of rotatable bonds is 6. The molecular formula is C23H18BrN3O6. The molecule has 2 aromatic carbocycles. The van der Waals surface area contributed by atoms with Gasteiger partial charge >= 0.3 is 0 Å². The van der Waals surface area contributed by atoms with Crippen LogP contribution in [0, 0.1) is 22.0 Å². The molecular weight excluding hydrogens is 494 g/mol. The highest BCUT2D eigenvalue weighted by atomic mass is 79.9. The number of benzene rings is 2. The first-order valence-corrected chi connectivity index (χ1v) is 11.0. The van der Waals surface area contributed by atoms with Gasteiger partial charge < -0.3 is 0 Å². The van der Waals surface area contributed by atoms with Crippen LogP contribution in [-0.4, -0.2) is 45.0 Å². The lowest BCUT2D eigenvalue weighted by Crippen LogP contribution is -2.52. The molecule has 33 heavy (non-hydrogen) atoms. The normalized spacial score (nSPS) is 19.4. The average Bonchev–Trinajstić information content (AvgIpc) is 3.07. The highest BCUT2D eigenvalue weighted by Crippen LogP contribution is 2.36. The van der Waals surface area contributed by atoms with E-state index in [0.717, 1.165) is 15.5 Å². The summed E-state index contributed by atoms with van der Waals surface area (Å²) in [5.41, 5.74) is -0.543. The van der Waals surface area contributed by atoms with Crippen LogP contribution in [0.4, 0.5) is 5.69 Å². The van der Waals surface area contributed by atoms with E-state index in [1.807, 2.05) is 0 Å². The highest BCUT2D eigenvalue weighted by molar-refractivity contribution is 9.10. The number of imide groups is 1. The van der Waals surface area contributed by atoms with E-state index in [1.165, 1.54) is 30.3 Å². The Balaban J connectivity index is 1.74. The molecule has 0 aromatic heterocycles. The first-order valence-electron chi connectivity index (χ1n) is 10.2. The second-order valence-electron chi connectivity index (χ2n) is 7.71. The first kappa shape index (κ1) is 22.5. The van der Waals surface area contributed by atoms with Gasteiger partial charge in [0.25, 0.3) is 23.4 Å². The van der Waals surface area contributed by atoms with Crippen LogP contribution < -0.4 is 0 Å². The van der Waals surface area contributed by atoms with E-state index in [-0.39, 0.29) is 11.1 Å². The molecule has 1 aliphatic carbocycles. The number of hydrogen-bond donors (Lipinski definition) is 0. The van der Waals surface area contributed by atoms with Crippen molar-refractivity contribution in [3.8, 4) is 0 Å². The summed E-state index contributed by atoms with van der Waals surface area (Å²) in [5.74, 6) is -3.95. The smallest absolute Gasteiger partial charge is 0.282 e. The van der Waals surface area contributed by atoms with E-state index in [1.54, 1.807) is 24.3 Å². The predicted octanol–water partition coefficient (Wildman–Crippen LogP) is 3.55. The molecule has 2 atom stereocenters. The number of hydrogen-bond acceptors (Lipinski definition) is 6. The van der Waals surface area contributed by atoms with Crippen LogP contribution in [0.25, 0.3) is 0 Å². The van der Waals surface area contributed by atoms with Crippen LogP contribution >= 0.6 is 15.9 Å². The molecule has 0 N–H and O–H groups in total. The van der Waals surface area contributed by atoms with Crippen molar-refractivity contribution in [3.05, 3.63) is 86.4 Å². The average molecular weight is 512 g/mol. The zero-order chi connectivity index (χ0) is 23.7. The topological polar surface area (TPSA) is 118 Å². The van der Waals surface area contributed by atoms with E-state index in [0.29, 0.717) is 17.9 Å². The Morgan fingerprint density at radius 1 is 1.00 bits per heavy atom. The molecule has 0 bridgehead atoms. The van der Waals surface area contributed by atoms with Gasteiger partial charge in [-0.3, -0.25) is 29.3 Å².